The number of aromatic amines is 1. The number of anilines is 1. The van der Waals surface area contributed by atoms with Gasteiger partial charge in [0.2, 0.25) is 0 Å². The van der Waals surface area contributed by atoms with Gasteiger partial charge in [-0.3, -0.25) is 0 Å². The van der Waals surface area contributed by atoms with Gasteiger partial charge in [-0.25, -0.2) is 0 Å². The number of rotatable bonds is 7. The highest BCUT2D eigenvalue weighted by Crippen LogP contribution is 2.39. The SMILES string of the molecule is C=CN1CCc2c([nH]c3ccc(Br)cc23)C1c1ccc(NCC(C)(CO)CO)cc1. The van der Waals surface area contributed by atoms with Crippen LogP contribution >= 0.6 is 15.9 Å². The van der Waals surface area contributed by atoms with Crippen molar-refractivity contribution in [1.29, 1.82) is 0 Å². The van der Waals surface area contributed by atoms with Crippen molar-refractivity contribution in [1.82, 2.24) is 9.88 Å². The lowest BCUT2D eigenvalue weighted by Gasteiger charge is -2.35. The molecule has 0 amide bonds. The lowest BCUT2D eigenvalue weighted by molar-refractivity contribution is 0.0806. The lowest BCUT2D eigenvalue weighted by atomic mass is 9.92. The Labute approximate surface area is 185 Å². The molecule has 0 saturated heterocycles. The monoisotopic (exact) mass is 469 g/mol. The van der Waals surface area contributed by atoms with Gasteiger partial charge in [0, 0.05) is 45.3 Å². The van der Waals surface area contributed by atoms with Crippen LogP contribution in [0.3, 0.4) is 0 Å². The number of benzene rings is 2. The Bertz CT molecular complexity index is 1040. The summed E-state index contributed by atoms with van der Waals surface area (Å²) >= 11 is 3.60. The number of nitrogens with zero attached hydrogens (tertiary/aromatic N) is 1. The van der Waals surface area contributed by atoms with Gasteiger partial charge in [0.15, 0.2) is 0 Å². The van der Waals surface area contributed by atoms with Crippen LogP contribution in [0.2, 0.25) is 0 Å². The fourth-order valence-electron chi connectivity index (χ4n) is 4.09. The normalized spacial score (nSPS) is 16.5. The maximum Gasteiger partial charge on any atom is 0.0941 e. The number of halogens is 1. The van der Waals surface area contributed by atoms with Crippen LogP contribution in [-0.4, -0.2) is 46.4 Å². The minimum Gasteiger partial charge on any atom is -0.396 e. The second-order valence-corrected chi connectivity index (χ2v) is 9.30. The molecule has 3 aromatic rings. The van der Waals surface area contributed by atoms with Crippen LogP contribution in [0, 0.1) is 5.41 Å². The third-order valence-corrected chi connectivity index (χ3v) is 6.56. The molecule has 158 valence electrons. The Morgan fingerprint density at radius 1 is 1.23 bits per heavy atom. The Balaban J connectivity index is 1.64. The Kier molecular flexibility index (Phi) is 5.91. The van der Waals surface area contributed by atoms with E-state index in [1.807, 2.05) is 13.1 Å². The average molecular weight is 470 g/mol. The molecule has 0 fully saturated rings. The molecule has 0 aliphatic carbocycles. The number of aliphatic hydroxyl groups excluding tert-OH is 2. The average Bonchev–Trinajstić information content (AvgIpc) is 3.15. The minimum atomic E-state index is -0.546. The van der Waals surface area contributed by atoms with Crippen LogP contribution in [0.4, 0.5) is 5.69 Å². The molecule has 0 bridgehead atoms. The van der Waals surface area contributed by atoms with Crippen LogP contribution < -0.4 is 5.32 Å². The van der Waals surface area contributed by atoms with Crippen molar-refractivity contribution in [3.05, 3.63) is 76.5 Å². The zero-order chi connectivity index (χ0) is 21.3. The van der Waals surface area contributed by atoms with E-state index >= 15 is 0 Å². The van der Waals surface area contributed by atoms with E-state index in [0.29, 0.717) is 6.54 Å². The summed E-state index contributed by atoms with van der Waals surface area (Å²) in [4.78, 5) is 5.93. The van der Waals surface area contributed by atoms with Gasteiger partial charge in [0.25, 0.3) is 0 Å². The molecule has 0 radical (unpaired) electrons. The Morgan fingerprint density at radius 2 is 1.97 bits per heavy atom. The minimum absolute atomic E-state index is 0.0653. The van der Waals surface area contributed by atoms with E-state index < -0.39 is 5.41 Å². The summed E-state index contributed by atoms with van der Waals surface area (Å²) in [7, 11) is 0. The molecule has 1 aliphatic rings. The van der Waals surface area contributed by atoms with Crippen LogP contribution in [0.25, 0.3) is 10.9 Å². The van der Waals surface area contributed by atoms with Crippen molar-refractivity contribution in [3.8, 4) is 0 Å². The summed E-state index contributed by atoms with van der Waals surface area (Å²) in [5, 5.41) is 23.6. The molecule has 30 heavy (non-hydrogen) atoms. The summed E-state index contributed by atoms with van der Waals surface area (Å²) in [6, 6.07) is 14.9. The standard InChI is InChI=1S/C24H28BrN3O2/c1-3-28-11-10-19-20-12-17(25)6-9-21(20)27-22(19)23(28)16-4-7-18(8-5-16)26-13-24(2,14-29)15-30/h3-9,12,23,26-27,29-30H,1,10-11,13-15H2,2H3. The summed E-state index contributed by atoms with van der Waals surface area (Å²) in [6.45, 7) is 7.19. The number of hydrogen-bond donors (Lipinski definition) is 4. The zero-order valence-electron chi connectivity index (χ0n) is 17.2. The molecule has 2 heterocycles. The van der Waals surface area contributed by atoms with Crippen molar-refractivity contribution in [3.63, 3.8) is 0 Å². The molecule has 6 heteroatoms. The van der Waals surface area contributed by atoms with Crippen LogP contribution in [0.5, 0.6) is 0 Å². The molecule has 1 aliphatic heterocycles. The van der Waals surface area contributed by atoms with Gasteiger partial charge in [0.1, 0.15) is 0 Å². The summed E-state index contributed by atoms with van der Waals surface area (Å²) < 4.78 is 1.09. The molecular formula is C24H28BrN3O2. The topological polar surface area (TPSA) is 71.5 Å². The predicted molar refractivity (Wildman–Crippen MR) is 126 cm³/mol. The molecule has 2 aromatic carbocycles. The first-order chi connectivity index (χ1) is 14.5. The van der Waals surface area contributed by atoms with Gasteiger partial charge in [-0.15, -0.1) is 0 Å². The third kappa shape index (κ3) is 3.87. The van der Waals surface area contributed by atoms with Gasteiger partial charge >= 0.3 is 0 Å². The van der Waals surface area contributed by atoms with Gasteiger partial charge in [-0.1, -0.05) is 41.6 Å². The molecule has 4 rings (SSSR count). The number of aliphatic hydroxyl groups is 2. The van der Waals surface area contributed by atoms with Gasteiger partial charge in [0.05, 0.1) is 19.3 Å². The van der Waals surface area contributed by atoms with Crippen molar-refractivity contribution >= 4 is 32.5 Å². The van der Waals surface area contributed by atoms with Crippen LogP contribution in [-0.2, 0) is 6.42 Å². The second kappa shape index (κ2) is 8.46. The molecule has 0 spiro atoms. The molecule has 1 atom stereocenters. The third-order valence-electron chi connectivity index (χ3n) is 6.07. The number of H-pyrrole nitrogens is 1. The molecule has 1 unspecified atom stereocenters. The van der Waals surface area contributed by atoms with Crippen molar-refractivity contribution in [2.24, 2.45) is 5.41 Å². The Morgan fingerprint density at radius 3 is 2.63 bits per heavy atom. The number of hydrogen-bond acceptors (Lipinski definition) is 4. The maximum atomic E-state index is 9.48. The first kappa shape index (κ1) is 21.0. The van der Waals surface area contributed by atoms with Crippen LogP contribution in [0.15, 0.2) is 59.7 Å². The molecule has 1 aromatic heterocycles. The summed E-state index contributed by atoms with van der Waals surface area (Å²) in [5.41, 5.74) is 5.37. The van der Waals surface area contributed by atoms with Crippen molar-refractivity contribution in [2.75, 3.05) is 31.6 Å². The van der Waals surface area contributed by atoms with E-state index in [0.717, 1.165) is 28.6 Å². The highest BCUT2D eigenvalue weighted by atomic mass is 79.9. The fraction of sp³-hybridized carbons (Fsp3) is 0.333. The highest BCUT2D eigenvalue weighted by Gasteiger charge is 2.30. The largest absolute Gasteiger partial charge is 0.396 e. The van der Waals surface area contributed by atoms with Crippen LogP contribution in [0.1, 0.15) is 29.8 Å². The summed E-state index contributed by atoms with van der Waals surface area (Å²) in [6.07, 6.45) is 2.91. The molecular weight excluding hydrogens is 442 g/mol. The van der Waals surface area contributed by atoms with E-state index in [1.54, 1.807) is 0 Å². The molecule has 0 saturated carbocycles. The first-order valence-electron chi connectivity index (χ1n) is 10.2. The first-order valence-corrected chi connectivity index (χ1v) is 11.0. The molecule has 4 N–H and O–H groups in total. The quantitative estimate of drug-likeness (QED) is 0.413. The van der Waals surface area contributed by atoms with Crippen molar-refractivity contribution < 1.29 is 10.2 Å². The molecule has 5 nitrogen and oxygen atoms in total. The predicted octanol–water partition coefficient (Wildman–Crippen LogP) is 4.42. The lowest BCUT2D eigenvalue weighted by Crippen LogP contribution is -2.34. The van der Waals surface area contributed by atoms with Gasteiger partial charge in [-0.2, -0.15) is 0 Å². The van der Waals surface area contributed by atoms with E-state index in [2.05, 4.69) is 80.2 Å². The van der Waals surface area contributed by atoms with Crippen molar-refractivity contribution in [2.45, 2.75) is 19.4 Å². The fourth-order valence-corrected chi connectivity index (χ4v) is 4.46. The second-order valence-electron chi connectivity index (χ2n) is 8.38. The van der Waals surface area contributed by atoms with E-state index in [9.17, 15) is 10.2 Å². The zero-order valence-corrected chi connectivity index (χ0v) is 18.7. The Hall–Kier alpha value is -2.28. The highest BCUT2D eigenvalue weighted by molar-refractivity contribution is 9.10. The van der Waals surface area contributed by atoms with E-state index in [1.165, 1.54) is 22.2 Å². The number of nitrogens with one attached hydrogen (secondary N) is 2. The van der Waals surface area contributed by atoms with E-state index in [4.69, 9.17) is 0 Å². The number of aromatic nitrogens is 1. The summed E-state index contributed by atoms with van der Waals surface area (Å²) in [5.74, 6) is 0. The number of fused-ring (bicyclic) bond motifs is 3. The maximum absolute atomic E-state index is 9.48. The van der Waals surface area contributed by atoms with Gasteiger partial charge < -0.3 is 25.4 Å². The van der Waals surface area contributed by atoms with E-state index in [-0.39, 0.29) is 19.3 Å². The van der Waals surface area contributed by atoms with Gasteiger partial charge in [-0.05, 0) is 54.1 Å². The smallest absolute Gasteiger partial charge is 0.0941 e.